The standard InChI is InChI=1S/C13H9ClF2N2O4S/c1-7-10(14)5-9(6-13(7)18(19)20)23(21,22)17-8-2-3-11(15)12(16)4-8/h2-6,17H,1H3. The third kappa shape index (κ3) is 3.57. The minimum absolute atomic E-state index is 0.107. The topological polar surface area (TPSA) is 89.3 Å². The van der Waals surface area contributed by atoms with Crippen LogP contribution in [0.2, 0.25) is 5.02 Å². The first-order valence-corrected chi connectivity index (χ1v) is 7.90. The van der Waals surface area contributed by atoms with Gasteiger partial charge in [0.05, 0.1) is 20.5 Å². The summed E-state index contributed by atoms with van der Waals surface area (Å²) < 4.78 is 52.4. The molecule has 0 spiro atoms. The molecule has 122 valence electrons. The second-order valence-electron chi connectivity index (χ2n) is 4.54. The SMILES string of the molecule is Cc1c(Cl)cc(S(=O)(=O)Nc2ccc(F)c(F)c2)cc1[N+](=O)[O-]. The smallest absolute Gasteiger partial charge is 0.275 e. The molecule has 2 aromatic carbocycles. The van der Waals surface area contributed by atoms with Crippen LogP contribution >= 0.6 is 11.6 Å². The van der Waals surface area contributed by atoms with Gasteiger partial charge in [-0.05, 0) is 25.1 Å². The Balaban J connectivity index is 2.47. The summed E-state index contributed by atoms with van der Waals surface area (Å²) in [5.74, 6) is -2.37. The van der Waals surface area contributed by atoms with E-state index < -0.39 is 37.2 Å². The first-order chi connectivity index (χ1) is 10.6. The molecule has 2 aromatic rings. The lowest BCUT2D eigenvalue weighted by molar-refractivity contribution is -0.385. The number of benzene rings is 2. The molecule has 0 aliphatic heterocycles. The first-order valence-electron chi connectivity index (χ1n) is 6.04. The lowest BCUT2D eigenvalue weighted by atomic mass is 10.2. The maximum Gasteiger partial charge on any atom is 0.275 e. The fraction of sp³-hybridized carbons (Fsp3) is 0.0769. The second kappa shape index (κ2) is 6.09. The Kier molecular flexibility index (Phi) is 4.53. The van der Waals surface area contributed by atoms with E-state index in [-0.39, 0.29) is 16.3 Å². The Labute approximate surface area is 134 Å². The number of hydrogen-bond acceptors (Lipinski definition) is 4. The van der Waals surface area contributed by atoms with Gasteiger partial charge in [-0.1, -0.05) is 11.6 Å². The number of sulfonamides is 1. The largest absolute Gasteiger partial charge is 0.280 e. The lowest BCUT2D eigenvalue weighted by Crippen LogP contribution is -2.14. The highest BCUT2D eigenvalue weighted by atomic mass is 35.5. The highest BCUT2D eigenvalue weighted by Gasteiger charge is 2.23. The zero-order chi connectivity index (χ0) is 17.4. The number of anilines is 1. The fourth-order valence-corrected chi connectivity index (χ4v) is 3.13. The number of rotatable bonds is 4. The number of nitrogens with zero attached hydrogens (tertiary/aromatic N) is 1. The van der Waals surface area contributed by atoms with Gasteiger partial charge in [0, 0.05) is 17.7 Å². The Morgan fingerprint density at radius 2 is 1.83 bits per heavy atom. The highest BCUT2D eigenvalue weighted by molar-refractivity contribution is 7.92. The number of hydrogen-bond donors (Lipinski definition) is 1. The van der Waals surface area contributed by atoms with Crippen LogP contribution in [0.5, 0.6) is 0 Å². The molecule has 0 saturated heterocycles. The van der Waals surface area contributed by atoms with Gasteiger partial charge in [-0.25, -0.2) is 17.2 Å². The van der Waals surface area contributed by atoms with Gasteiger partial charge in [0.15, 0.2) is 11.6 Å². The van der Waals surface area contributed by atoms with Crippen molar-refractivity contribution in [1.29, 1.82) is 0 Å². The van der Waals surface area contributed by atoms with Gasteiger partial charge in [0.1, 0.15) is 0 Å². The summed E-state index contributed by atoms with van der Waals surface area (Å²) in [6.45, 7) is 1.37. The molecule has 0 radical (unpaired) electrons. The monoisotopic (exact) mass is 362 g/mol. The summed E-state index contributed by atoms with van der Waals surface area (Å²) in [6.07, 6.45) is 0. The van der Waals surface area contributed by atoms with Crippen LogP contribution in [0.25, 0.3) is 0 Å². The average Bonchev–Trinajstić information content (AvgIpc) is 2.45. The van der Waals surface area contributed by atoms with E-state index >= 15 is 0 Å². The molecule has 0 atom stereocenters. The molecular formula is C13H9ClF2N2O4S. The Morgan fingerprint density at radius 3 is 2.39 bits per heavy atom. The van der Waals surface area contributed by atoms with Crippen molar-refractivity contribution in [3.05, 3.63) is 62.7 Å². The molecule has 0 aliphatic rings. The predicted molar refractivity (Wildman–Crippen MR) is 80.0 cm³/mol. The van der Waals surface area contributed by atoms with Crippen LogP contribution < -0.4 is 4.72 Å². The van der Waals surface area contributed by atoms with Crippen molar-refractivity contribution in [3.8, 4) is 0 Å². The summed E-state index contributed by atoms with van der Waals surface area (Å²) in [6, 6.07) is 4.28. The fourth-order valence-electron chi connectivity index (χ4n) is 1.76. The van der Waals surface area contributed by atoms with Crippen molar-refractivity contribution >= 4 is 33.0 Å². The summed E-state index contributed by atoms with van der Waals surface area (Å²) >= 11 is 5.81. The van der Waals surface area contributed by atoms with Gasteiger partial charge in [-0.2, -0.15) is 0 Å². The van der Waals surface area contributed by atoms with Crippen LogP contribution in [0.3, 0.4) is 0 Å². The zero-order valence-corrected chi connectivity index (χ0v) is 13.1. The molecule has 10 heteroatoms. The molecule has 23 heavy (non-hydrogen) atoms. The zero-order valence-electron chi connectivity index (χ0n) is 11.5. The summed E-state index contributed by atoms with van der Waals surface area (Å²) in [5, 5.41) is 10.8. The van der Waals surface area contributed by atoms with Crippen molar-refractivity contribution in [2.24, 2.45) is 0 Å². The summed E-state index contributed by atoms with van der Waals surface area (Å²) in [5.41, 5.74) is -0.588. The van der Waals surface area contributed by atoms with E-state index in [4.69, 9.17) is 11.6 Å². The van der Waals surface area contributed by atoms with Gasteiger partial charge in [0.25, 0.3) is 15.7 Å². The average molecular weight is 363 g/mol. The van der Waals surface area contributed by atoms with Crippen LogP contribution in [0.1, 0.15) is 5.56 Å². The normalized spacial score (nSPS) is 11.3. The summed E-state index contributed by atoms with van der Waals surface area (Å²) in [7, 11) is -4.27. The molecule has 0 saturated carbocycles. The van der Waals surface area contributed by atoms with Crippen molar-refractivity contribution in [2.45, 2.75) is 11.8 Å². The van der Waals surface area contributed by atoms with Crippen molar-refractivity contribution < 1.29 is 22.1 Å². The molecule has 0 amide bonds. The van der Waals surface area contributed by atoms with E-state index in [0.717, 1.165) is 24.3 Å². The van der Waals surface area contributed by atoms with Crippen molar-refractivity contribution in [2.75, 3.05) is 4.72 Å². The van der Waals surface area contributed by atoms with Gasteiger partial charge in [0.2, 0.25) is 0 Å². The molecule has 1 N–H and O–H groups in total. The second-order valence-corrected chi connectivity index (χ2v) is 6.63. The molecule has 6 nitrogen and oxygen atoms in total. The molecule has 2 rings (SSSR count). The molecular weight excluding hydrogens is 354 g/mol. The van der Waals surface area contributed by atoms with Crippen LogP contribution in [0.15, 0.2) is 35.2 Å². The molecule has 0 aromatic heterocycles. The summed E-state index contributed by atoms with van der Waals surface area (Å²) in [4.78, 5) is 9.70. The van der Waals surface area contributed by atoms with Crippen molar-refractivity contribution in [3.63, 3.8) is 0 Å². The highest BCUT2D eigenvalue weighted by Crippen LogP contribution is 2.30. The Hall–Kier alpha value is -2.26. The number of nitro groups is 1. The van der Waals surface area contributed by atoms with E-state index in [1.807, 2.05) is 4.72 Å². The molecule has 0 heterocycles. The third-order valence-electron chi connectivity index (χ3n) is 2.97. The van der Waals surface area contributed by atoms with Crippen LogP contribution in [-0.4, -0.2) is 13.3 Å². The quantitative estimate of drug-likeness (QED) is 0.664. The van der Waals surface area contributed by atoms with E-state index in [1.54, 1.807) is 0 Å². The van der Waals surface area contributed by atoms with E-state index in [2.05, 4.69) is 0 Å². The number of halogens is 3. The van der Waals surface area contributed by atoms with Crippen LogP contribution in [0.4, 0.5) is 20.2 Å². The van der Waals surface area contributed by atoms with Crippen LogP contribution in [-0.2, 0) is 10.0 Å². The molecule has 0 aliphatic carbocycles. The number of nitro benzene ring substituents is 1. The van der Waals surface area contributed by atoms with Gasteiger partial charge >= 0.3 is 0 Å². The maximum absolute atomic E-state index is 13.1. The Bertz CT molecular complexity index is 903. The van der Waals surface area contributed by atoms with Gasteiger partial charge < -0.3 is 0 Å². The van der Waals surface area contributed by atoms with Gasteiger partial charge in [-0.3, -0.25) is 14.8 Å². The van der Waals surface area contributed by atoms with Gasteiger partial charge in [-0.15, -0.1) is 0 Å². The minimum atomic E-state index is -4.27. The lowest BCUT2D eigenvalue weighted by Gasteiger charge is -2.10. The van der Waals surface area contributed by atoms with E-state index in [1.165, 1.54) is 6.92 Å². The third-order valence-corrected chi connectivity index (χ3v) is 4.72. The minimum Gasteiger partial charge on any atom is -0.280 e. The molecule has 0 fully saturated rings. The molecule has 0 bridgehead atoms. The van der Waals surface area contributed by atoms with E-state index in [9.17, 15) is 27.3 Å². The number of nitrogens with one attached hydrogen (secondary N) is 1. The maximum atomic E-state index is 13.1. The predicted octanol–water partition coefficient (Wildman–Crippen LogP) is 3.64. The first kappa shape index (κ1) is 17.1. The Morgan fingerprint density at radius 1 is 1.17 bits per heavy atom. The van der Waals surface area contributed by atoms with Crippen molar-refractivity contribution in [1.82, 2.24) is 0 Å². The van der Waals surface area contributed by atoms with E-state index in [0.29, 0.717) is 6.07 Å². The van der Waals surface area contributed by atoms with Crippen LogP contribution in [0, 0.1) is 28.7 Å². The molecule has 0 unspecified atom stereocenters.